The van der Waals surface area contributed by atoms with Crippen LogP contribution in [0.25, 0.3) is 0 Å². The van der Waals surface area contributed by atoms with Crippen LogP contribution in [0.3, 0.4) is 0 Å². The minimum absolute atomic E-state index is 0.00365. The highest BCUT2D eigenvalue weighted by atomic mass is 35.5. The zero-order valence-corrected chi connectivity index (χ0v) is 17.5. The van der Waals surface area contributed by atoms with Gasteiger partial charge in [0, 0.05) is 37.6 Å². The number of hydrogen-bond acceptors (Lipinski definition) is 4. The third-order valence-electron chi connectivity index (χ3n) is 6.73. The van der Waals surface area contributed by atoms with Gasteiger partial charge in [0.25, 0.3) is 0 Å². The van der Waals surface area contributed by atoms with Crippen molar-refractivity contribution in [2.24, 2.45) is 0 Å². The predicted octanol–water partition coefficient (Wildman–Crippen LogP) is 2.92. The van der Waals surface area contributed by atoms with E-state index >= 15 is 0 Å². The van der Waals surface area contributed by atoms with Crippen LogP contribution < -0.4 is 0 Å². The van der Waals surface area contributed by atoms with Crippen molar-refractivity contribution in [3.63, 3.8) is 0 Å². The summed E-state index contributed by atoms with van der Waals surface area (Å²) in [6.07, 6.45) is 4.42. The number of carbonyl (C=O) groups is 3. The van der Waals surface area contributed by atoms with Crippen molar-refractivity contribution >= 4 is 29.3 Å². The number of carbonyl (C=O) groups excluding carboxylic acids is 3. The van der Waals surface area contributed by atoms with E-state index in [2.05, 4.69) is 0 Å². The summed E-state index contributed by atoms with van der Waals surface area (Å²) in [7, 11) is 1.75. The standard InChI is InChI=1S/C22H27ClN2O4/c1-24(16-10-11-29-14-16)19(26)12-22(17-8-4-5-9-18(17)23)13-20(27)25(21(22)28)15-6-2-3-7-15/h4-5,8-9,15-16H,2-3,6-7,10-14H2,1H3. The second-order valence-electron chi connectivity index (χ2n) is 8.44. The number of rotatable bonds is 5. The lowest BCUT2D eigenvalue weighted by atomic mass is 9.75. The number of hydrogen-bond donors (Lipinski definition) is 0. The average molecular weight is 419 g/mol. The first-order valence-electron chi connectivity index (χ1n) is 10.4. The lowest BCUT2D eigenvalue weighted by Gasteiger charge is -2.32. The van der Waals surface area contributed by atoms with Gasteiger partial charge >= 0.3 is 0 Å². The monoisotopic (exact) mass is 418 g/mol. The van der Waals surface area contributed by atoms with E-state index in [1.54, 1.807) is 36.2 Å². The van der Waals surface area contributed by atoms with Gasteiger partial charge < -0.3 is 9.64 Å². The Balaban J connectivity index is 1.69. The zero-order valence-electron chi connectivity index (χ0n) is 16.7. The van der Waals surface area contributed by atoms with Crippen molar-refractivity contribution in [1.82, 2.24) is 9.80 Å². The Labute approximate surface area is 176 Å². The van der Waals surface area contributed by atoms with Gasteiger partial charge in [0.05, 0.1) is 18.1 Å². The van der Waals surface area contributed by atoms with Crippen LogP contribution in [0, 0.1) is 0 Å². The molecule has 29 heavy (non-hydrogen) atoms. The fourth-order valence-electron chi connectivity index (χ4n) is 5.00. The summed E-state index contributed by atoms with van der Waals surface area (Å²) in [5.74, 6) is -0.622. The minimum atomic E-state index is -1.23. The van der Waals surface area contributed by atoms with Gasteiger partial charge in [-0.15, -0.1) is 0 Å². The van der Waals surface area contributed by atoms with Crippen molar-refractivity contribution in [1.29, 1.82) is 0 Å². The molecule has 2 saturated heterocycles. The Kier molecular flexibility index (Phi) is 5.67. The molecule has 1 aromatic carbocycles. The Morgan fingerprint density at radius 1 is 1.24 bits per heavy atom. The highest BCUT2D eigenvalue weighted by Gasteiger charge is 2.56. The Bertz CT molecular complexity index is 817. The van der Waals surface area contributed by atoms with Crippen molar-refractivity contribution in [2.75, 3.05) is 20.3 Å². The SMILES string of the molecule is CN(C(=O)CC1(c2ccccc2Cl)CC(=O)N(C2CCCC2)C1=O)C1CCOC1. The van der Waals surface area contributed by atoms with Crippen molar-refractivity contribution in [3.05, 3.63) is 34.9 Å². The van der Waals surface area contributed by atoms with Crippen LogP contribution in [-0.2, 0) is 24.5 Å². The highest BCUT2D eigenvalue weighted by molar-refractivity contribution is 6.32. The first-order valence-corrected chi connectivity index (χ1v) is 10.8. The topological polar surface area (TPSA) is 66.9 Å². The molecule has 0 spiro atoms. The Morgan fingerprint density at radius 2 is 1.97 bits per heavy atom. The molecule has 0 aromatic heterocycles. The summed E-state index contributed by atoms with van der Waals surface area (Å²) >= 11 is 6.48. The van der Waals surface area contributed by atoms with Crippen LogP contribution in [0.15, 0.2) is 24.3 Å². The Hall–Kier alpha value is -1.92. The molecule has 2 heterocycles. The van der Waals surface area contributed by atoms with E-state index in [0.717, 1.165) is 32.1 Å². The second-order valence-corrected chi connectivity index (χ2v) is 8.85. The molecule has 7 heteroatoms. The van der Waals surface area contributed by atoms with Gasteiger partial charge in [0.2, 0.25) is 17.7 Å². The molecule has 1 aliphatic carbocycles. The fraction of sp³-hybridized carbons (Fsp3) is 0.591. The van der Waals surface area contributed by atoms with Crippen molar-refractivity contribution in [3.8, 4) is 0 Å². The summed E-state index contributed by atoms with van der Waals surface area (Å²) in [5.41, 5.74) is -0.659. The summed E-state index contributed by atoms with van der Waals surface area (Å²) < 4.78 is 5.41. The highest BCUT2D eigenvalue weighted by Crippen LogP contribution is 2.45. The number of ether oxygens (including phenoxy) is 1. The van der Waals surface area contributed by atoms with Crippen LogP contribution in [0.2, 0.25) is 5.02 Å². The third-order valence-corrected chi connectivity index (χ3v) is 7.06. The predicted molar refractivity (Wildman–Crippen MR) is 108 cm³/mol. The largest absolute Gasteiger partial charge is 0.379 e. The van der Waals surface area contributed by atoms with Crippen LogP contribution in [-0.4, -0.2) is 59.9 Å². The Morgan fingerprint density at radius 3 is 2.62 bits per heavy atom. The molecular weight excluding hydrogens is 392 g/mol. The van der Waals surface area contributed by atoms with Crippen LogP contribution in [0.1, 0.15) is 50.5 Å². The molecule has 0 bridgehead atoms. The van der Waals surface area contributed by atoms with Crippen LogP contribution in [0.5, 0.6) is 0 Å². The van der Waals surface area contributed by atoms with Crippen LogP contribution >= 0.6 is 11.6 Å². The molecule has 1 aromatic rings. The maximum atomic E-state index is 13.7. The summed E-state index contributed by atoms with van der Waals surface area (Å²) in [4.78, 5) is 43.0. The van der Waals surface area contributed by atoms with Gasteiger partial charge in [-0.1, -0.05) is 42.6 Å². The van der Waals surface area contributed by atoms with Gasteiger partial charge in [-0.2, -0.15) is 0 Å². The molecule has 0 radical (unpaired) electrons. The van der Waals surface area contributed by atoms with E-state index in [-0.39, 0.29) is 42.6 Å². The van der Waals surface area contributed by atoms with Gasteiger partial charge in [-0.25, -0.2) is 0 Å². The lowest BCUT2D eigenvalue weighted by Crippen LogP contribution is -2.47. The number of likely N-dealkylation sites (N-methyl/N-ethyl adjacent to an activating group) is 1. The number of likely N-dealkylation sites (tertiary alicyclic amines) is 1. The number of halogens is 1. The van der Waals surface area contributed by atoms with Gasteiger partial charge in [-0.05, 0) is 30.9 Å². The van der Waals surface area contributed by atoms with E-state index in [0.29, 0.717) is 23.8 Å². The molecule has 3 aliphatic rings. The molecule has 6 nitrogen and oxygen atoms in total. The zero-order chi connectivity index (χ0) is 20.6. The fourth-order valence-corrected chi connectivity index (χ4v) is 5.32. The maximum Gasteiger partial charge on any atom is 0.241 e. The first-order chi connectivity index (χ1) is 13.9. The number of imide groups is 1. The first kappa shape index (κ1) is 20.4. The van der Waals surface area contributed by atoms with Gasteiger partial charge in [0.15, 0.2) is 0 Å². The van der Waals surface area contributed by atoms with Gasteiger partial charge in [-0.3, -0.25) is 19.3 Å². The minimum Gasteiger partial charge on any atom is -0.379 e. The van der Waals surface area contributed by atoms with Gasteiger partial charge in [0.1, 0.15) is 0 Å². The molecule has 3 fully saturated rings. The average Bonchev–Trinajstić information content (AvgIpc) is 3.44. The molecule has 4 rings (SSSR count). The number of amides is 3. The summed E-state index contributed by atoms with van der Waals surface area (Å²) in [5, 5.41) is 0.418. The summed E-state index contributed by atoms with van der Waals surface area (Å²) in [6, 6.07) is 7.03. The molecule has 2 aliphatic heterocycles. The normalized spacial score (nSPS) is 27.8. The summed E-state index contributed by atoms with van der Waals surface area (Å²) in [6.45, 7) is 1.13. The number of benzene rings is 1. The van der Waals surface area contributed by atoms with E-state index in [4.69, 9.17) is 16.3 Å². The molecular formula is C22H27ClN2O4. The van der Waals surface area contributed by atoms with E-state index in [9.17, 15) is 14.4 Å². The molecule has 2 unspecified atom stereocenters. The quantitative estimate of drug-likeness (QED) is 0.689. The molecule has 3 amide bonds. The second kappa shape index (κ2) is 8.07. The number of nitrogens with zero attached hydrogens (tertiary/aromatic N) is 2. The van der Waals surface area contributed by atoms with E-state index < -0.39 is 5.41 Å². The van der Waals surface area contributed by atoms with Crippen molar-refractivity contribution in [2.45, 2.75) is 62.4 Å². The third kappa shape index (κ3) is 3.57. The van der Waals surface area contributed by atoms with E-state index in [1.807, 2.05) is 0 Å². The van der Waals surface area contributed by atoms with Crippen molar-refractivity contribution < 1.29 is 19.1 Å². The maximum absolute atomic E-state index is 13.7. The lowest BCUT2D eigenvalue weighted by molar-refractivity contribution is -0.145. The van der Waals surface area contributed by atoms with Crippen LogP contribution in [0.4, 0.5) is 0 Å². The molecule has 156 valence electrons. The van der Waals surface area contributed by atoms with E-state index in [1.165, 1.54) is 4.90 Å². The molecule has 0 N–H and O–H groups in total. The smallest absolute Gasteiger partial charge is 0.241 e. The molecule has 2 atom stereocenters. The molecule has 1 saturated carbocycles.